The van der Waals surface area contributed by atoms with E-state index in [0.717, 1.165) is 12.8 Å². The van der Waals surface area contributed by atoms with Crippen LogP contribution in [0.1, 0.15) is 38.2 Å². The summed E-state index contributed by atoms with van der Waals surface area (Å²) >= 11 is 5.86. The first kappa shape index (κ1) is 14.6. The van der Waals surface area contributed by atoms with Crippen molar-refractivity contribution in [1.82, 2.24) is 4.72 Å². The summed E-state index contributed by atoms with van der Waals surface area (Å²) in [6.07, 6.45) is 4.41. The van der Waals surface area contributed by atoms with E-state index in [1.165, 1.54) is 12.8 Å². The number of hydrogen-bond acceptors (Lipinski definition) is 3. The summed E-state index contributed by atoms with van der Waals surface area (Å²) < 4.78 is 27.3. The Morgan fingerprint density at radius 1 is 1.19 bits per heavy atom. The number of sulfonamides is 1. The van der Waals surface area contributed by atoms with E-state index in [2.05, 4.69) is 9.71 Å². The van der Waals surface area contributed by atoms with Crippen molar-refractivity contribution in [1.29, 1.82) is 0 Å². The first-order chi connectivity index (χ1) is 9.97. The van der Waals surface area contributed by atoms with Crippen LogP contribution in [0.5, 0.6) is 0 Å². The second kappa shape index (κ2) is 5.46. The van der Waals surface area contributed by atoms with Crippen LogP contribution in [-0.2, 0) is 10.0 Å². The summed E-state index contributed by atoms with van der Waals surface area (Å²) in [4.78, 5) is 4.89. The molecule has 1 aliphatic carbocycles. The van der Waals surface area contributed by atoms with Gasteiger partial charge in [0.25, 0.3) is 10.0 Å². The second-order valence-electron chi connectivity index (χ2n) is 5.48. The molecule has 0 radical (unpaired) electrons. The van der Waals surface area contributed by atoms with E-state index in [1.54, 1.807) is 31.2 Å². The topological polar surface area (TPSA) is 58.5 Å². The van der Waals surface area contributed by atoms with Crippen LogP contribution in [0.3, 0.4) is 0 Å². The summed E-state index contributed by atoms with van der Waals surface area (Å²) in [6.45, 7) is 1.80. The van der Waals surface area contributed by atoms with Gasteiger partial charge in [0, 0.05) is 10.6 Å². The number of hydrogen-bond donors (Lipinski definition) is 1. The lowest BCUT2D eigenvalue weighted by atomic mass is 10.1. The number of halogens is 1. The molecule has 1 aromatic carbocycles. The van der Waals surface area contributed by atoms with E-state index in [9.17, 15) is 8.42 Å². The molecule has 4 nitrogen and oxygen atoms in total. The maximum Gasteiger partial charge on any atom is 0.264 e. The Hall–Kier alpha value is -1.33. The molecular weight excluding hydrogens is 308 g/mol. The zero-order chi connectivity index (χ0) is 15.0. The largest absolute Gasteiger partial charge is 0.264 e. The lowest BCUT2D eigenvalue weighted by molar-refractivity contribution is 0.603. The van der Waals surface area contributed by atoms with Gasteiger partial charge in [0.05, 0.1) is 6.04 Å². The minimum atomic E-state index is -3.54. The third kappa shape index (κ3) is 2.85. The number of aliphatic imine (C=N–C) groups is 1. The van der Waals surface area contributed by atoms with Crippen molar-refractivity contribution in [2.24, 2.45) is 4.99 Å². The molecule has 0 spiro atoms. The standard InChI is InChI=1S/C15H17ClN2O2S/c1-10-14(11-6-8-12(16)9-7-11)21(19,20)18-15(10)17-13-4-2-3-5-13/h6-9,13H,2-5H2,1H3,(H,17,18). The quantitative estimate of drug-likeness (QED) is 0.907. The molecule has 1 fully saturated rings. The fourth-order valence-corrected chi connectivity index (χ4v) is 4.51. The van der Waals surface area contributed by atoms with Gasteiger partial charge in [-0.15, -0.1) is 0 Å². The van der Waals surface area contributed by atoms with E-state index in [1.807, 2.05) is 0 Å². The van der Waals surface area contributed by atoms with Crippen molar-refractivity contribution in [3.8, 4) is 0 Å². The molecule has 6 heteroatoms. The average molecular weight is 325 g/mol. The molecule has 112 valence electrons. The van der Waals surface area contributed by atoms with Crippen LogP contribution in [0.15, 0.2) is 34.8 Å². The van der Waals surface area contributed by atoms with Crippen LogP contribution < -0.4 is 4.72 Å². The molecule has 1 N–H and O–H groups in total. The maximum absolute atomic E-state index is 12.4. The summed E-state index contributed by atoms with van der Waals surface area (Å²) in [5.41, 5.74) is 1.32. The zero-order valence-corrected chi connectivity index (χ0v) is 13.3. The molecule has 0 aromatic heterocycles. The Bertz CT molecular complexity index is 715. The van der Waals surface area contributed by atoms with Gasteiger partial charge in [0.15, 0.2) is 0 Å². The Balaban J connectivity index is 2.03. The Labute approximate surface area is 130 Å². The number of nitrogens with zero attached hydrogens (tertiary/aromatic N) is 1. The third-order valence-corrected chi connectivity index (χ3v) is 5.73. The lowest BCUT2D eigenvalue weighted by Gasteiger charge is -2.05. The SMILES string of the molecule is CC1=C(c2ccc(Cl)cc2)S(=O)(=O)NC1=NC1CCCC1. The van der Waals surface area contributed by atoms with Crippen molar-refractivity contribution in [2.75, 3.05) is 0 Å². The Morgan fingerprint density at radius 3 is 2.43 bits per heavy atom. The van der Waals surface area contributed by atoms with Gasteiger partial charge in [-0.1, -0.05) is 36.6 Å². The van der Waals surface area contributed by atoms with Crippen molar-refractivity contribution >= 4 is 32.4 Å². The molecule has 0 bridgehead atoms. The number of rotatable bonds is 2. The van der Waals surface area contributed by atoms with E-state index >= 15 is 0 Å². The molecule has 1 aromatic rings. The van der Waals surface area contributed by atoms with Gasteiger partial charge in [0.2, 0.25) is 0 Å². The minimum absolute atomic E-state index is 0.238. The Kier molecular flexibility index (Phi) is 3.80. The van der Waals surface area contributed by atoms with E-state index in [0.29, 0.717) is 26.9 Å². The van der Waals surface area contributed by atoms with Crippen molar-refractivity contribution in [3.05, 3.63) is 40.4 Å². The molecule has 0 unspecified atom stereocenters. The smallest absolute Gasteiger partial charge is 0.264 e. The van der Waals surface area contributed by atoms with E-state index < -0.39 is 10.0 Å². The molecule has 2 aliphatic rings. The monoisotopic (exact) mass is 324 g/mol. The Morgan fingerprint density at radius 2 is 1.81 bits per heavy atom. The number of benzene rings is 1. The molecular formula is C15H17ClN2O2S. The highest BCUT2D eigenvalue weighted by atomic mass is 35.5. The van der Waals surface area contributed by atoms with Crippen molar-refractivity contribution in [2.45, 2.75) is 38.6 Å². The van der Waals surface area contributed by atoms with Crippen LogP contribution in [0.2, 0.25) is 5.02 Å². The molecule has 1 saturated carbocycles. The molecule has 0 amide bonds. The first-order valence-corrected chi connectivity index (χ1v) is 8.91. The highest BCUT2D eigenvalue weighted by Gasteiger charge is 2.33. The molecule has 1 heterocycles. The van der Waals surface area contributed by atoms with E-state index in [4.69, 9.17) is 11.6 Å². The normalized spacial score (nSPS) is 23.8. The fourth-order valence-electron chi connectivity index (χ4n) is 2.88. The number of amidine groups is 1. The molecule has 3 rings (SSSR count). The predicted octanol–water partition coefficient (Wildman–Crippen LogP) is 3.35. The predicted molar refractivity (Wildman–Crippen MR) is 85.8 cm³/mol. The second-order valence-corrected chi connectivity index (χ2v) is 7.54. The maximum atomic E-state index is 12.4. The van der Waals surface area contributed by atoms with Gasteiger partial charge in [-0.25, -0.2) is 8.42 Å². The highest BCUT2D eigenvalue weighted by molar-refractivity contribution is 8.00. The van der Waals surface area contributed by atoms with Crippen LogP contribution in [-0.4, -0.2) is 20.3 Å². The van der Waals surface area contributed by atoms with Gasteiger partial charge < -0.3 is 0 Å². The van der Waals surface area contributed by atoms with Gasteiger partial charge in [-0.3, -0.25) is 9.71 Å². The van der Waals surface area contributed by atoms with Crippen LogP contribution >= 0.6 is 11.6 Å². The number of nitrogens with one attached hydrogen (secondary N) is 1. The summed E-state index contributed by atoms with van der Waals surface area (Å²) in [5, 5.41) is 0.584. The summed E-state index contributed by atoms with van der Waals surface area (Å²) in [6, 6.07) is 7.07. The molecule has 0 saturated heterocycles. The lowest BCUT2D eigenvalue weighted by Crippen LogP contribution is -2.24. The minimum Gasteiger partial charge on any atom is -0.264 e. The summed E-state index contributed by atoms with van der Waals surface area (Å²) in [5.74, 6) is 0.492. The van der Waals surface area contributed by atoms with Crippen molar-refractivity contribution in [3.63, 3.8) is 0 Å². The van der Waals surface area contributed by atoms with Crippen molar-refractivity contribution < 1.29 is 8.42 Å². The fraction of sp³-hybridized carbons (Fsp3) is 0.400. The van der Waals surface area contributed by atoms with Gasteiger partial charge >= 0.3 is 0 Å². The van der Waals surface area contributed by atoms with Crippen LogP contribution in [0.4, 0.5) is 0 Å². The average Bonchev–Trinajstić information content (AvgIpc) is 2.99. The van der Waals surface area contributed by atoms with E-state index in [-0.39, 0.29) is 6.04 Å². The van der Waals surface area contributed by atoms with Crippen LogP contribution in [0.25, 0.3) is 4.91 Å². The van der Waals surface area contributed by atoms with Gasteiger partial charge in [0.1, 0.15) is 10.7 Å². The molecule has 21 heavy (non-hydrogen) atoms. The summed E-state index contributed by atoms with van der Waals surface area (Å²) in [7, 11) is -3.54. The molecule has 1 aliphatic heterocycles. The molecule has 0 atom stereocenters. The van der Waals surface area contributed by atoms with Gasteiger partial charge in [-0.05, 0) is 37.5 Å². The third-order valence-electron chi connectivity index (χ3n) is 3.94. The van der Waals surface area contributed by atoms with Crippen LogP contribution in [0, 0.1) is 0 Å². The van der Waals surface area contributed by atoms with Gasteiger partial charge in [-0.2, -0.15) is 0 Å². The zero-order valence-electron chi connectivity index (χ0n) is 11.8. The first-order valence-electron chi connectivity index (χ1n) is 7.05. The highest BCUT2D eigenvalue weighted by Crippen LogP contribution is 2.31.